The second-order valence-corrected chi connectivity index (χ2v) is 16.9. The molecule has 3 amide bonds. The minimum atomic E-state index is -1.46. The number of hydrogen-bond donors (Lipinski definition) is 1. The standard InChI is InChI=1S/C37H44Cl2FN5O4S/c1-20(2)29-30(50-34-42-37(7,23-11-15-25(39)16-12-23)31(45(29)34)22-9-13-24(38)14-10-22)33(47)44-21(3)8-17-28(44)32(46)43-18-26(40)27(19-43)41-35(48)49-36(4,5)6/h9-16,20-21,26-28,31H,8,17-19H2,1-7H3,(H,41,48)/t21-,26?,27?,28+,31-,37+/m1/s1. The quantitative estimate of drug-likeness (QED) is 0.326. The third kappa shape index (κ3) is 6.85. The number of carbonyl (C=O) groups excluding carboxylic acids is 3. The van der Waals surface area contributed by atoms with Gasteiger partial charge in [0.15, 0.2) is 5.17 Å². The molecule has 50 heavy (non-hydrogen) atoms. The molecule has 4 heterocycles. The van der Waals surface area contributed by atoms with Crippen LogP contribution < -0.4 is 5.32 Å². The van der Waals surface area contributed by atoms with E-state index in [0.717, 1.165) is 16.8 Å². The molecule has 9 nitrogen and oxygen atoms in total. The summed E-state index contributed by atoms with van der Waals surface area (Å²) in [6, 6.07) is 13.3. The molecular weight excluding hydrogens is 700 g/mol. The van der Waals surface area contributed by atoms with Crippen molar-refractivity contribution >= 4 is 58.0 Å². The number of amides is 3. The first kappa shape index (κ1) is 36.5. The summed E-state index contributed by atoms with van der Waals surface area (Å²) in [7, 11) is 0. The predicted molar refractivity (Wildman–Crippen MR) is 196 cm³/mol. The Balaban J connectivity index is 1.30. The molecule has 2 aromatic rings. The number of ether oxygens (including phenoxy) is 1. The molecule has 268 valence electrons. The topological polar surface area (TPSA) is 94.5 Å². The highest BCUT2D eigenvalue weighted by atomic mass is 35.5. The lowest BCUT2D eigenvalue weighted by molar-refractivity contribution is -0.142. The number of halogens is 3. The molecule has 0 aromatic heterocycles. The van der Waals surface area contributed by atoms with Gasteiger partial charge in [-0.25, -0.2) is 14.2 Å². The molecule has 2 unspecified atom stereocenters. The van der Waals surface area contributed by atoms with Gasteiger partial charge in [-0.1, -0.05) is 61.3 Å². The van der Waals surface area contributed by atoms with Crippen molar-refractivity contribution in [1.29, 1.82) is 0 Å². The zero-order valence-electron chi connectivity index (χ0n) is 29.4. The molecule has 0 bridgehead atoms. The Morgan fingerprint density at radius 2 is 1.64 bits per heavy atom. The number of alkyl carbamates (subject to hydrolysis) is 1. The Hall–Kier alpha value is -3.28. The summed E-state index contributed by atoms with van der Waals surface area (Å²) in [6.07, 6.45) is -1.09. The van der Waals surface area contributed by atoms with E-state index >= 15 is 4.39 Å². The smallest absolute Gasteiger partial charge is 0.408 e. The lowest BCUT2D eigenvalue weighted by atomic mass is 9.81. The number of alkyl halides is 1. The maximum absolute atomic E-state index is 15.1. The number of nitrogens with zero attached hydrogens (tertiary/aromatic N) is 4. The minimum absolute atomic E-state index is 0.00250. The van der Waals surface area contributed by atoms with Gasteiger partial charge < -0.3 is 24.8 Å². The number of hydrogen-bond acceptors (Lipinski definition) is 7. The van der Waals surface area contributed by atoms with E-state index in [9.17, 15) is 14.4 Å². The molecule has 2 aromatic carbocycles. The van der Waals surface area contributed by atoms with Crippen LogP contribution in [0.15, 0.2) is 64.1 Å². The maximum atomic E-state index is 15.1. The van der Waals surface area contributed by atoms with Crippen molar-refractivity contribution in [2.75, 3.05) is 13.1 Å². The average Bonchev–Trinajstić information content (AvgIpc) is 3.77. The summed E-state index contributed by atoms with van der Waals surface area (Å²) >= 11 is 13.9. The van der Waals surface area contributed by atoms with Crippen molar-refractivity contribution in [1.82, 2.24) is 20.0 Å². The minimum Gasteiger partial charge on any atom is -0.444 e. The number of amidine groups is 1. The summed E-state index contributed by atoms with van der Waals surface area (Å²) in [5.41, 5.74) is 1.36. The largest absolute Gasteiger partial charge is 0.444 e. The third-order valence-electron chi connectivity index (χ3n) is 9.82. The fourth-order valence-electron chi connectivity index (χ4n) is 7.50. The van der Waals surface area contributed by atoms with E-state index in [1.165, 1.54) is 16.7 Å². The van der Waals surface area contributed by atoms with Gasteiger partial charge in [-0.2, -0.15) is 0 Å². The van der Waals surface area contributed by atoms with Crippen LogP contribution in [0.5, 0.6) is 0 Å². The molecule has 0 saturated carbocycles. The fourth-order valence-corrected chi connectivity index (χ4v) is 9.10. The Morgan fingerprint density at radius 1 is 1.02 bits per heavy atom. The van der Waals surface area contributed by atoms with Crippen LogP contribution in [0.4, 0.5) is 9.18 Å². The fraction of sp³-hybridized carbons (Fsp3) is 0.514. The number of fused-ring (bicyclic) bond motifs is 1. The third-order valence-corrected chi connectivity index (χ3v) is 11.4. The van der Waals surface area contributed by atoms with E-state index in [-0.39, 0.29) is 42.9 Å². The van der Waals surface area contributed by atoms with Crippen LogP contribution in [0.25, 0.3) is 0 Å². The van der Waals surface area contributed by atoms with Gasteiger partial charge in [0.1, 0.15) is 28.3 Å². The van der Waals surface area contributed by atoms with Gasteiger partial charge in [0, 0.05) is 28.3 Å². The van der Waals surface area contributed by atoms with Crippen LogP contribution in [0.2, 0.25) is 10.0 Å². The molecule has 4 aliphatic heterocycles. The lowest BCUT2D eigenvalue weighted by Crippen LogP contribution is -2.50. The Kier molecular flexibility index (Phi) is 10.00. The van der Waals surface area contributed by atoms with Crippen molar-refractivity contribution < 1.29 is 23.5 Å². The van der Waals surface area contributed by atoms with Gasteiger partial charge in [-0.15, -0.1) is 0 Å². The summed E-state index contributed by atoms with van der Waals surface area (Å²) < 4.78 is 20.4. The number of nitrogens with one attached hydrogen (secondary N) is 1. The molecule has 4 aliphatic rings. The van der Waals surface area contributed by atoms with Crippen LogP contribution in [0.1, 0.15) is 78.5 Å². The van der Waals surface area contributed by atoms with E-state index in [0.29, 0.717) is 33.0 Å². The molecule has 13 heteroatoms. The number of allylic oxidation sites excluding steroid dienone is 1. The van der Waals surface area contributed by atoms with Crippen molar-refractivity contribution in [3.05, 3.63) is 80.3 Å². The summed E-state index contributed by atoms with van der Waals surface area (Å²) in [4.78, 5) is 52.2. The number of carbonyl (C=O) groups is 3. The van der Waals surface area contributed by atoms with E-state index in [1.807, 2.05) is 55.5 Å². The molecule has 0 spiro atoms. The van der Waals surface area contributed by atoms with E-state index < -0.39 is 35.5 Å². The highest BCUT2D eigenvalue weighted by Crippen LogP contribution is 2.56. The van der Waals surface area contributed by atoms with Gasteiger partial charge in [0.05, 0.1) is 18.6 Å². The molecule has 6 rings (SSSR count). The predicted octanol–water partition coefficient (Wildman–Crippen LogP) is 7.69. The van der Waals surface area contributed by atoms with Crippen molar-refractivity contribution in [2.24, 2.45) is 10.9 Å². The van der Waals surface area contributed by atoms with Crippen LogP contribution in [-0.4, -0.2) is 80.8 Å². The Bertz CT molecular complexity index is 1730. The highest BCUT2D eigenvalue weighted by Gasteiger charge is 2.54. The summed E-state index contributed by atoms with van der Waals surface area (Å²) in [5.74, 6) is -0.614. The van der Waals surface area contributed by atoms with E-state index in [2.05, 4.69) is 31.0 Å². The molecule has 0 aliphatic carbocycles. The summed E-state index contributed by atoms with van der Waals surface area (Å²) in [6.45, 7) is 13.2. The average molecular weight is 745 g/mol. The van der Waals surface area contributed by atoms with E-state index in [4.69, 9.17) is 32.9 Å². The second-order valence-electron chi connectivity index (χ2n) is 15.0. The van der Waals surface area contributed by atoms with Crippen molar-refractivity contribution in [2.45, 2.75) is 103 Å². The molecule has 1 N–H and O–H groups in total. The lowest BCUT2D eigenvalue weighted by Gasteiger charge is -2.37. The number of likely N-dealkylation sites (tertiary alicyclic amines) is 2. The van der Waals surface area contributed by atoms with Crippen LogP contribution in [0, 0.1) is 5.92 Å². The molecule has 2 saturated heterocycles. The normalized spacial score (nSPS) is 28.0. The van der Waals surface area contributed by atoms with Crippen LogP contribution in [0.3, 0.4) is 0 Å². The van der Waals surface area contributed by atoms with Gasteiger partial charge in [0.25, 0.3) is 5.91 Å². The first-order chi connectivity index (χ1) is 23.5. The van der Waals surface area contributed by atoms with Gasteiger partial charge in [-0.05, 0) is 101 Å². The SMILES string of the molecule is CC(C)C1=C(C(=O)N2[C@H](C)CC[C@H]2C(=O)N2CC(F)C(NC(=O)OC(C)(C)C)C2)SC2=N[C@@](C)(c3ccc(Cl)cc3)[C@@H](c3ccc(Cl)cc3)N21. The number of aliphatic imine (C=N–C) groups is 1. The van der Waals surface area contributed by atoms with E-state index in [1.54, 1.807) is 25.7 Å². The summed E-state index contributed by atoms with van der Waals surface area (Å²) in [5, 5.41) is 4.54. The van der Waals surface area contributed by atoms with Crippen molar-refractivity contribution in [3.8, 4) is 0 Å². The van der Waals surface area contributed by atoms with Gasteiger partial charge in [0.2, 0.25) is 5.91 Å². The van der Waals surface area contributed by atoms with Crippen LogP contribution in [-0.2, 0) is 19.9 Å². The maximum Gasteiger partial charge on any atom is 0.408 e. The Labute approximate surface area is 307 Å². The van der Waals surface area contributed by atoms with Gasteiger partial charge >= 0.3 is 6.09 Å². The van der Waals surface area contributed by atoms with Gasteiger partial charge in [-0.3, -0.25) is 9.59 Å². The Morgan fingerprint density at radius 3 is 2.24 bits per heavy atom. The second kappa shape index (κ2) is 13.7. The highest BCUT2D eigenvalue weighted by molar-refractivity contribution is 8.18. The first-order valence-corrected chi connectivity index (χ1v) is 18.6. The van der Waals surface area contributed by atoms with Crippen molar-refractivity contribution in [3.63, 3.8) is 0 Å². The zero-order valence-corrected chi connectivity index (χ0v) is 31.7. The molecule has 0 radical (unpaired) electrons. The molecule has 2 fully saturated rings. The monoisotopic (exact) mass is 743 g/mol. The molecular formula is C37H44Cl2FN5O4S. The number of rotatable bonds is 6. The zero-order chi connectivity index (χ0) is 36.3. The molecule has 6 atom stereocenters. The number of benzene rings is 2. The van der Waals surface area contributed by atoms with Crippen LogP contribution >= 0.6 is 35.0 Å². The number of thioether (sulfide) groups is 1. The first-order valence-electron chi connectivity index (χ1n) is 17.1.